The second-order valence-electron chi connectivity index (χ2n) is 8.76. The zero-order valence-corrected chi connectivity index (χ0v) is 16.6. The lowest BCUT2D eigenvalue weighted by atomic mass is 9.65. The molecule has 2 saturated heterocycles. The molecule has 0 amide bonds. The average molecular weight is 365 g/mol. The van der Waals surface area contributed by atoms with Crippen molar-refractivity contribution < 1.29 is 5.11 Å². The predicted octanol–water partition coefficient (Wildman–Crippen LogP) is 3.92. The van der Waals surface area contributed by atoms with E-state index in [1.165, 1.54) is 30.6 Å². The number of fused-ring (bicyclic) bond motifs is 1. The number of piperidine rings is 1. The number of rotatable bonds is 4. The van der Waals surface area contributed by atoms with Crippen molar-refractivity contribution in [2.24, 2.45) is 5.92 Å². The van der Waals surface area contributed by atoms with Gasteiger partial charge in [-0.3, -0.25) is 4.90 Å². The standard InChI is InChI=1S/C24H32N2O/c1-19-17-26-14-13-25(12-11-20-7-4-3-5-8-20)18-22(26)16-24(19,2)21-9-6-10-23(27)15-21/h3-10,15,19,22,27H,11-14,16-18H2,1-2H3/t19-,22-,24+/m0/s1. The van der Waals surface area contributed by atoms with Gasteiger partial charge in [0.1, 0.15) is 5.75 Å². The summed E-state index contributed by atoms with van der Waals surface area (Å²) in [5, 5.41) is 9.98. The van der Waals surface area contributed by atoms with Crippen LogP contribution in [0.3, 0.4) is 0 Å². The van der Waals surface area contributed by atoms with Gasteiger partial charge in [0.15, 0.2) is 0 Å². The number of phenols is 1. The van der Waals surface area contributed by atoms with Crippen LogP contribution in [0.4, 0.5) is 0 Å². The lowest BCUT2D eigenvalue weighted by molar-refractivity contribution is -0.00278. The molecule has 2 aliphatic rings. The van der Waals surface area contributed by atoms with Crippen LogP contribution in [0.25, 0.3) is 0 Å². The lowest BCUT2D eigenvalue weighted by Crippen LogP contribution is -2.61. The van der Waals surface area contributed by atoms with E-state index in [2.05, 4.69) is 60.0 Å². The second-order valence-corrected chi connectivity index (χ2v) is 8.76. The first-order chi connectivity index (χ1) is 13.0. The van der Waals surface area contributed by atoms with Crippen molar-refractivity contribution in [1.82, 2.24) is 9.80 Å². The molecule has 2 aromatic rings. The molecular weight excluding hydrogens is 332 g/mol. The Morgan fingerprint density at radius 1 is 1.04 bits per heavy atom. The molecule has 0 aliphatic carbocycles. The molecule has 0 unspecified atom stereocenters. The molecule has 27 heavy (non-hydrogen) atoms. The maximum Gasteiger partial charge on any atom is 0.115 e. The number of aromatic hydroxyl groups is 1. The van der Waals surface area contributed by atoms with Crippen LogP contribution in [0, 0.1) is 5.92 Å². The minimum absolute atomic E-state index is 0.127. The molecule has 2 fully saturated rings. The summed E-state index contributed by atoms with van der Waals surface area (Å²) in [5.74, 6) is 0.975. The molecule has 1 N–H and O–H groups in total. The molecule has 4 rings (SSSR count). The van der Waals surface area contributed by atoms with E-state index in [-0.39, 0.29) is 5.41 Å². The largest absolute Gasteiger partial charge is 0.508 e. The first kappa shape index (κ1) is 18.5. The van der Waals surface area contributed by atoms with Crippen molar-refractivity contribution in [3.05, 3.63) is 65.7 Å². The Kier molecular flexibility index (Phi) is 5.25. The summed E-state index contributed by atoms with van der Waals surface area (Å²) in [6.45, 7) is 10.6. The number of nitrogens with zero attached hydrogens (tertiary/aromatic N) is 2. The number of piperazine rings is 1. The van der Waals surface area contributed by atoms with Crippen LogP contribution in [-0.4, -0.2) is 53.7 Å². The van der Waals surface area contributed by atoms with Gasteiger partial charge in [-0.25, -0.2) is 0 Å². The Morgan fingerprint density at radius 3 is 2.63 bits per heavy atom. The summed E-state index contributed by atoms with van der Waals surface area (Å²) in [5.41, 5.74) is 2.85. The topological polar surface area (TPSA) is 26.7 Å². The molecule has 0 radical (unpaired) electrons. The molecule has 0 bridgehead atoms. The summed E-state index contributed by atoms with van der Waals surface area (Å²) < 4.78 is 0. The van der Waals surface area contributed by atoms with Gasteiger partial charge in [0, 0.05) is 38.8 Å². The average Bonchev–Trinajstić information content (AvgIpc) is 2.68. The van der Waals surface area contributed by atoms with Gasteiger partial charge in [0.05, 0.1) is 0 Å². The van der Waals surface area contributed by atoms with Gasteiger partial charge in [0.25, 0.3) is 0 Å². The summed E-state index contributed by atoms with van der Waals surface area (Å²) in [6, 6.07) is 19.4. The van der Waals surface area contributed by atoms with E-state index in [9.17, 15) is 5.11 Å². The number of hydrogen-bond donors (Lipinski definition) is 1. The smallest absolute Gasteiger partial charge is 0.115 e. The summed E-state index contributed by atoms with van der Waals surface area (Å²) in [6.07, 6.45) is 2.30. The Bertz CT molecular complexity index is 762. The molecule has 2 aliphatic heterocycles. The Balaban J connectivity index is 1.44. The van der Waals surface area contributed by atoms with E-state index in [0.717, 1.165) is 26.1 Å². The molecule has 3 atom stereocenters. The van der Waals surface area contributed by atoms with Crippen LogP contribution in [-0.2, 0) is 11.8 Å². The van der Waals surface area contributed by atoms with Crippen LogP contribution < -0.4 is 0 Å². The van der Waals surface area contributed by atoms with E-state index >= 15 is 0 Å². The zero-order valence-electron chi connectivity index (χ0n) is 16.6. The number of hydrogen-bond acceptors (Lipinski definition) is 3. The molecule has 2 aromatic carbocycles. The highest BCUT2D eigenvalue weighted by Crippen LogP contribution is 2.43. The van der Waals surface area contributed by atoms with E-state index in [1.807, 2.05) is 12.1 Å². The number of benzene rings is 2. The monoisotopic (exact) mass is 364 g/mol. The molecule has 0 saturated carbocycles. The Hall–Kier alpha value is -1.84. The van der Waals surface area contributed by atoms with Crippen LogP contribution in [0.15, 0.2) is 54.6 Å². The van der Waals surface area contributed by atoms with Crippen molar-refractivity contribution in [3.8, 4) is 5.75 Å². The highest BCUT2D eigenvalue weighted by molar-refractivity contribution is 5.34. The summed E-state index contributed by atoms with van der Waals surface area (Å²) in [7, 11) is 0. The first-order valence-corrected chi connectivity index (χ1v) is 10.3. The minimum Gasteiger partial charge on any atom is -0.508 e. The fraction of sp³-hybridized carbons (Fsp3) is 0.500. The SMILES string of the molecule is C[C@H]1CN2CCN(CCc3ccccc3)C[C@@H]2C[C@@]1(C)c1cccc(O)c1. The molecule has 3 nitrogen and oxygen atoms in total. The first-order valence-electron chi connectivity index (χ1n) is 10.3. The maximum absolute atomic E-state index is 9.98. The fourth-order valence-electron chi connectivity index (χ4n) is 5.03. The molecular formula is C24H32N2O. The van der Waals surface area contributed by atoms with Crippen molar-refractivity contribution >= 4 is 0 Å². The third-order valence-electron chi connectivity index (χ3n) is 7.01. The molecule has 0 aromatic heterocycles. The van der Waals surface area contributed by atoms with Gasteiger partial charge in [0.2, 0.25) is 0 Å². The van der Waals surface area contributed by atoms with Gasteiger partial charge in [-0.2, -0.15) is 0 Å². The van der Waals surface area contributed by atoms with Gasteiger partial charge < -0.3 is 10.0 Å². The molecule has 2 heterocycles. The van der Waals surface area contributed by atoms with Crippen molar-refractivity contribution in [2.45, 2.75) is 38.1 Å². The summed E-state index contributed by atoms with van der Waals surface area (Å²) in [4.78, 5) is 5.35. The zero-order chi connectivity index (χ0) is 18.9. The summed E-state index contributed by atoms with van der Waals surface area (Å²) >= 11 is 0. The fourth-order valence-corrected chi connectivity index (χ4v) is 5.03. The van der Waals surface area contributed by atoms with E-state index in [0.29, 0.717) is 17.7 Å². The Morgan fingerprint density at radius 2 is 1.85 bits per heavy atom. The van der Waals surface area contributed by atoms with E-state index in [1.54, 1.807) is 6.07 Å². The van der Waals surface area contributed by atoms with Crippen LogP contribution in [0.1, 0.15) is 31.4 Å². The normalized spacial score (nSPS) is 29.4. The second kappa shape index (κ2) is 7.65. The third-order valence-corrected chi connectivity index (χ3v) is 7.01. The molecule has 3 heteroatoms. The van der Waals surface area contributed by atoms with Crippen molar-refractivity contribution in [1.29, 1.82) is 0 Å². The predicted molar refractivity (Wildman–Crippen MR) is 111 cm³/mol. The minimum atomic E-state index is 0.127. The Labute approximate surface area is 163 Å². The lowest BCUT2D eigenvalue weighted by Gasteiger charge is -2.53. The number of phenolic OH excluding ortho intramolecular Hbond substituents is 1. The van der Waals surface area contributed by atoms with Crippen LogP contribution >= 0.6 is 0 Å². The maximum atomic E-state index is 9.98. The van der Waals surface area contributed by atoms with E-state index < -0.39 is 0 Å². The third kappa shape index (κ3) is 3.90. The van der Waals surface area contributed by atoms with Gasteiger partial charge >= 0.3 is 0 Å². The van der Waals surface area contributed by atoms with Gasteiger partial charge in [-0.15, -0.1) is 0 Å². The van der Waals surface area contributed by atoms with Crippen LogP contribution in [0.2, 0.25) is 0 Å². The van der Waals surface area contributed by atoms with Gasteiger partial charge in [-0.05, 0) is 47.4 Å². The van der Waals surface area contributed by atoms with Crippen molar-refractivity contribution in [3.63, 3.8) is 0 Å². The quantitative estimate of drug-likeness (QED) is 0.891. The van der Waals surface area contributed by atoms with Crippen molar-refractivity contribution in [2.75, 3.05) is 32.7 Å². The van der Waals surface area contributed by atoms with Gasteiger partial charge in [-0.1, -0.05) is 56.3 Å². The van der Waals surface area contributed by atoms with E-state index in [4.69, 9.17) is 0 Å². The van der Waals surface area contributed by atoms with Crippen LogP contribution in [0.5, 0.6) is 5.75 Å². The molecule has 144 valence electrons. The highest BCUT2D eigenvalue weighted by atomic mass is 16.3. The molecule has 0 spiro atoms. The highest BCUT2D eigenvalue weighted by Gasteiger charge is 2.44.